The number of aliphatic carboxylic acids is 1. The Bertz CT molecular complexity index is 673. The topological polar surface area (TPSA) is 107 Å². The summed E-state index contributed by atoms with van der Waals surface area (Å²) >= 11 is 1.31. The van der Waals surface area contributed by atoms with Gasteiger partial charge in [0, 0.05) is 24.5 Å². The van der Waals surface area contributed by atoms with E-state index in [1.54, 1.807) is 26.2 Å². The molecule has 0 amide bonds. The van der Waals surface area contributed by atoms with Crippen molar-refractivity contribution in [3.8, 4) is 11.5 Å². The minimum atomic E-state index is -1.16. The van der Waals surface area contributed by atoms with E-state index in [-0.39, 0.29) is 18.2 Å². The molecule has 2 N–H and O–H groups in total. The zero-order valence-corrected chi connectivity index (χ0v) is 17.5. The van der Waals surface area contributed by atoms with Crippen molar-refractivity contribution >= 4 is 35.2 Å². The fraction of sp³-hybridized carbons (Fsp3) is 0.556. The van der Waals surface area contributed by atoms with Crippen LogP contribution >= 0.6 is 24.2 Å². The number of aliphatic imine (C=N–C) groups is 1. The van der Waals surface area contributed by atoms with E-state index < -0.39 is 11.5 Å². The number of carboxylic acid groups (broad SMARTS) is 1. The molecule has 1 aromatic rings. The largest absolute Gasteiger partial charge is 0.507 e. The molecular weight excluding hydrogens is 410 g/mol. The Hall–Kier alpha value is -1.52. The SMILES string of the molecule is COCCOCCOCCOc1ccc(C2=N[C@@](C)(C(=O)O)CS2)c(O)c1.Cl. The molecule has 0 radical (unpaired) electrons. The molecule has 0 bridgehead atoms. The molecule has 1 aromatic carbocycles. The highest BCUT2D eigenvalue weighted by Crippen LogP contribution is 2.35. The summed E-state index contributed by atoms with van der Waals surface area (Å²) in [7, 11) is 1.62. The zero-order valence-electron chi connectivity index (χ0n) is 15.9. The van der Waals surface area contributed by atoms with Crippen LogP contribution in [0.15, 0.2) is 23.2 Å². The van der Waals surface area contributed by atoms with Crippen LogP contribution in [0, 0.1) is 0 Å². The molecule has 8 nitrogen and oxygen atoms in total. The second-order valence-electron chi connectivity index (χ2n) is 6.03. The summed E-state index contributed by atoms with van der Waals surface area (Å²) in [4.78, 5) is 15.5. The number of phenolic OH excluding ortho intramolecular Hbond substituents is 1. The highest BCUT2D eigenvalue weighted by molar-refractivity contribution is 8.14. The van der Waals surface area contributed by atoms with E-state index in [1.807, 2.05) is 0 Å². The van der Waals surface area contributed by atoms with Gasteiger partial charge in [0.25, 0.3) is 0 Å². The lowest BCUT2D eigenvalue weighted by Crippen LogP contribution is -2.33. The molecule has 0 unspecified atom stereocenters. The lowest BCUT2D eigenvalue weighted by molar-refractivity contribution is -0.141. The third-order valence-corrected chi connectivity index (χ3v) is 5.09. The number of aromatic hydroxyl groups is 1. The Morgan fingerprint density at radius 1 is 1.18 bits per heavy atom. The van der Waals surface area contributed by atoms with E-state index in [2.05, 4.69) is 4.99 Å². The number of hydrogen-bond donors (Lipinski definition) is 2. The lowest BCUT2D eigenvalue weighted by atomic mass is 10.1. The molecule has 158 valence electrons. The molecule has 1 atom stereocenters. The minimum Gasteiger partial charge on any atom is -0.507 e. The van der Waals surface area contributed by atoms with E-state index in [9.17, 15) is 15.0 Å². The number of halogens is 1. The minimum absolute atomic E-state index is 0. The summed E-state index contributed by atoms with van der Waals surface area (Å²) in [5.41, 5.74) is -0.659. The van der Waals surface area contributed by atoms with Crippen LogP contribution in [0.4, 0.5) is 0 Å². The van der Waals surface area contributed by atoms with E-state index in [1.165, 1.54) is 17.8 Å². The number of carboxylic acids is 1. The van der Waals surface area contributed by atoms with Crippen LogP contribution in [0.2, 0.25) is 0 Å². The number of thioether (sulfide) groups is 1. The summed E-state index contributed by atoms with van der Waals surface area (Å²) in [6, 6.07) is 4.87. The van der Waals surface area contributed by atoms with Crippen LogP contribution in [-0.4, -0.2) is 79.3 Å². The van der Waals surface area contributed by atoms with Gasteiger partial charge in [-0.15, -0.1) is 24.2 Å². The van der Waals surface area contributed by atoms with Gasteiger partial charge in [0.1, 0.15) is 23.1 Å². The zero-order chi connectivity index (χ0) is 19.7. The second kappa shape index (κ2) is 12.1. The summed E-state index contributed by atoms with van der Waals surface area (Å²) < 4.78 is 21.1. The molecule has 1 aliphatic rings. The molecule has 1 heterocycles. The van der Waals surface area contributed by atoms with Gasteiger partial charge in [-0.25, -0.2) is 4.79 Å². The molecule has 1 aliphatic heterocycles. The summed E-state index contributed by atoms with van der Waals surface area (Å²) in [6.45, 7) is 4.36. The number of ether oxygens (including phenoxy) is 4. The number of benzene rings is 1. The number of carbonyl (C=O) groups is 1. The Balaban J connectivity index is 0.00000392. The monoisotopic (exact) mass is 435 g/mol. The van der Waals surface area contributed by atoms with Gasteiger partial charge in [-0.05, 0) is 19.1 Å². The van der Waals surface area contributed by atoms with Gasteiger partial charge in [-0.3, -0.25) is 4.99 Å². The smallest absolute Gasteiger partial charge is 0.332 e. The van der Waals surface area contributed by atoms with Crippen molar-refractivity contribution in [1.29, 1.82) is 0 Å². The van der Waals surface area contributed by atoms with E-state index >= 15 is 0 Å². The third-order valence-electron chi connectivity index (χ3n) is 3.80. The predicted molar refractivity (Wildman–Crippen MR) is 109 cm³/mol. The fourth-order valence-electron chi connectivity index (χ4n) is 2.21. The van der Waals surface area contributed by atoms with Crippen LogP contribution in [0.5, 0.6) is 11.5 Å². The molecule has 0 aliphatic carbocycles. The van der Waals surface area contributed by atoms with Crippen molar-refractivity contribution < 1.29 is 34.0 Å². The maximum absolute atomic E-state index is 11.3. The quantitative estimate of drug-likeness (QED) is 0.481. The molecule has 0 spiro atoms. The molecule has 0 fully saturated rings. The fourth-order valence-corrected chi connectivity index (χ4v) is 3.41. The predicted octanol–water partition coefficient (Wildman–Crippen LogP) is 2.21. The van der Waals surface area contributed by atoms with E-state index in [0.717, 1.165) is 0 Å². The molecule has 2 rings (SSSR count). The molecular formula is C18H26ClNO7S. The van der Waals surface area contributed by atoms with E-state index in [4.69, 9.17) is 18.9 Å². The summed E-state index contributed by atoms with van der Waals surface area (Å²) in [5.74, 6) is -0.141. The number of methoxy groups -OCH3 is 1. The van der Waals surface area contributed by atoms with Gasteiger partial charge in [-0.2, -0.15) is 0 Å². The van der Waals surface area contributed by atoms with Crippen molar-refractivity contribution in [3.05, 3.63) is 23.8 Å². The van der Waals surface area contributed by atoms with Crippen LogP contribution < -0.4 is 4.74 Å². The number of rotatable bonds is 12. The number of nitrogens with zero attached hydrogens (tertiary/aromatic N) is 1. The molecule has 0 saturated carbocycles. The van der Waals surface area contributed by atoms with Crippen molar-refractivity contribution in [2.75, 3.05) is 52.5 Å². The van der Waals surface area contributed by atoms with Crippen LogP contribution in [-0.2, 0) is 19.0 Å². The van der Waals surface area contributed by atoms with Crippen LogP contribution in [0.3, 0.4) is 0 Å². The summed E-state index contributed by atoms with van der Waals surface area (Å²) in [6.07, 6.45) is 0. The van der Waals surface area contributed by atoms with E-state index in [0.29, 0.717) is 61.8 Å². The first-order chi connectivity index (χ1) is 13.0. The average molecular weight is 436 g/mol. The normalized spacial score (nSPS) is 18.4. The Kier molecular flexibility index (Phi) is 10.6. The molecule has 10 heteroatoms. The third kappa shape index (κ3) is 7.14. The van der Waals surface area contributed by atoms with Gasteiger partial charge in [0.15, 0.2) is 5.54 Å². The number of hydrogen-bond acceptors (Lipinski definition) is 8. The number of phenols is 1. The van der Waals surface area contributed by atoms with Crippen LogP contribution in [0.1, 0.15) is 12.5 Å². The first-order valence-electron chi connectivity index (χ1n) is 8.53. The van der Waals surface area contributed by atoms with Crippen molar-refractivity contribution in [2.45, 2.75) is 12.5 Å². The maximum Gasteiger partial charge on any atom is 0.332 e. The van der Waals surface area contributed by atoms with Gasteiger partial charge < -0.3 is 29.2 Å². The van der Waals surface area contributed by atoms with Gasteiger partial charge >= 0.3 is 5.97 Å². The first-order valence-corrected chi connectivity index (χ1v) is 9.51. The lowest BCUT2D eigenvalue weighted by Gasteiger charge is -2.12. The summed E-state index contributed by atoms with van der Waals surface area (Å²) in [5, 5.41) is 20.0. The Morgan fingerprint density at radius 3 is 2.39 bits per heavy atom. The standard InChI is InChI=1S/C18H25NO7S.ClH/c1-18(17(21)22)12-27-16(19-18)14-4-3-13(11-15(14)20)26-10-9-25-8-7-24-6-5-23-2;/h3-4,11,20H,5-10,12H2,1-2H3,(H,21,22);1H/t18-;/m1./s1. The first kappa shape index (κ1) is 24.5. The van der Waals surface area contributed by atoms with Crippen molar-refractivity contribution in [3.63, 3.8) is 0 Å². The van der Waals surface area contributed by atoms with Gasteiger partial charge in [0.2, 0.25) is 0 Å². The molecule has 28 heavy (non-hydrogen) atoms. The highest BCUT2D eigenvalue weighted by Gasteiger charge is 2.38. The second-order valence-corrected chi connectivity index (χ2v) is 6.99. The maximum atomic E-state index is 11.3. The van der Waals surface area contributed by atoms with Gasteiger partial charge in [-0.1, -0.05) is 0 Å². The Labute approximate surface area is 174 Å². The molecule has 0 aromatic heterocycles. The highest BCUT2D eigenvalue weighted by atomic mass is 35.5. The van der Waals surface area contributed by atoms with Crippen LogP contribution in [0.25, 0.3) is 0 Å². The van der Waals surface area contributed by atoms with Crippen molar-refractivity contribution in [2.24, 2.45) is 4.99 Å². The Morgan fingerprint density at radius 2 is 1.82 bits per heavy atom. The average Bonchev–Trinajstić information content (AvgIpc) is 3.04. The van der Waals surface area contributed by atoms with Gasteiger partial charge in [0.05, 0.1) is 33.0 Å². The molecule has 0 saturated heterocycles. The van der Waals surface area contributed by atoms with Crippen molar-refractivity contribution in [1.82, 2.24) is 0 Å².